The van der Waals surface area contributed by atoms with Crippen molar-refractivity contribution >= 4 is 34.8 Å². The van der Waals surface area contributed by atoms with Crippen LogP contribution in [0.2, 0.25) is 10.0 Å². The first-order valence-corrected chi connectivity index (χ1v) is 12.1. The lowest BCUT2D eigenvalue weighted by molar-refractivity contribution is -0.132. The van der Waals surface area contributed by atoms with Gasteiger partial charge in [0.25, 0.3) is 0 Å². The molecule has 7 heteroatoms. The Hall–Kier alpha value is -2.73. The van der Waals surface area contributed by atoms with Crippen LogP contribution in [0.3, 0.4) is 0 Å². The van der Waals surface area contributed by atoms with Crippen molar-refractivity contribution in [3.63, 3.8) is 0 Å². The second kappa shape index (κ2) is 13.2. The van der Waals surface area contributed by atoms with Crippen molar-refractivity contribution in [3.8, 4) is 5.75 Å². The second-order valence-electron chi connectivity index (χ2n) is 7.93. The Bertz CT molecular complexity index is 1030. The van der Waals surface area contributed by atoms with Crippen LogP contribution in [-0.4, -0.2) is 55.3 Å². The zero-order valence-corrected chi connectivity index (χ0v) is 20.8. The van der Waals surface area contributed by atoms with Crippen LogP contribution in [0.15, 0.2) is 78.9 Å². The first-order valence-electron chi connectivity index (χ1n) is 11.3. The molecule has 180 valence electrons. The van der Waals surface area contributed by atoms with Gasteiger partial charge in [-0.3, -0.25) is 4.79 Å². The SMILES string of the molecule is CC(C(=O)N1CCN(c2ccc(OCCO)cc2Cl)CC1)c1ccccc1.Clc1ccccc1. The highest BCUT2D eigenvalue weighted by atomic mass is 35.5. The highest BCUT2D eigenvalue weighted by Crippen LogP contribution is 2.31. The van der Waals surface area contributed by atoms with E-state index in [1.165, 1.54) is 0 Å². The van der Waals surface area contributed by atoms with E-state index in [9.17, 15) is 4.79 Å². The number of aliphatic hydroxyl groups is 1. The summed E-state index contributed by atoms with van der Waals surface area (Å²) in [5.74, 6) is 0.673. The first kappa shape index (κ1) is 25.9. The number of ether oxygens (including phenoxy) is 1. The van der Waals surface area contributed by atoms with Gasteiger partial charge in [-0.05, 0) is 36.8 Å². The summed E-state index contributed by atoms with van der Waals surface area (Å²) >= 11 is 11.9. The molecular weight excluding hydrogens is 471 g/mol. The summed E-state index contributed by atoms with van der Waals surface area (Å²) in [4.78, 5) is 16.9. The predicted molar refractivity (Wildman–Crippen MR) is 139 cm³/mol. The predicted octanol–water partition coefficient (Wildman–Crippen LogP) is 5.50. The summed E-state index contributed by atoms with van der Waals surface area (Å²) in [6.07, 6.45) is 0. The van der Waals surface area contributed by atoms with Gasteiger partial charge in [-0.25, -0.2) is 0 Å². The van der Waals surface area contributed by atoms with E-state index in [-0.39, 0.29) is 25.0 Å². The van der Waals surface area contributed by atoms with Crippen molar-refractivity contribution < 1.29 is 14.6 Å². The summed E-state index contributed by atoms with van der Waals surface area (Å²) in [6.45, 7) is 5.01. The number of nitrogens with zero attached hydrogens (tertiary/aromatic N) is 2. The normalized spacial score (nSPS) is 14.1. The number of carbonyl (C=O) groups excluding carboxylic acids is 1. The molecule has 1 heterocycles. The Morgan fingerprint density at radius 3 is 2.09 bits per heavy atom. The number of benzene rings is 3. The average Bonchev–Trinajstić information content (AvgIpc) is 2.88. The maximum Gasteiger partial charge on any atom is 0.229 e. The smallest absolute Gasteiger partial charge is 0.229 e. The molecule has 1 aliphatic heterocycles. The molecule has 5 nitrogen and oxygen atoms in total. The number of rotatable bonds is 6. The van der Waals surface area contributed by atoms with Crippen LogP contribution in [0.4, 0.5) is 5.69 Å². The molecule has 3 aromatic rings. The molecular formula is C27H30Cl2N2O3. The van der Waals surface area contributed by atoms with Crippen molar-refractivity contribution in [3.05, 3.63) is 94.5 Å². The maximum absolute atomic E-state index is 12.8. The molecule has 34 heavy (non-hydrogen) atoms. The molecule has 0 saturated carbocycles. The fraction of sp³-hybridized carbons (Fsp3) is 0.296. The van der Waals surface area contributed by atoms with E-state index in [1.54, 1.807) is 6.07 Å². The third-order valence-electron chi connectivity index (χ3n) is 5.61. The Kier molecular flexibility index (Phi) is 10.1. The third kappa shape index (κ3) is 7.39. The molecule has 3 aromatic carbocycles. The number of carbonyl (C=O) groups is 1. The van der Waals surface area contributed by atoms with Crippen molar-refractivity contribution in [1.29, 1.82) is 0 Å². The largest absolute Gasteiger partial charge is 0.491 e. The van der Waals surface area contributed by atoms with Crippen LogP contribution in [0.1, 0.15) is 18.4 Å². The summed E-state index contributed by atoms with van der Waals surface area (Å²) in [6, 6.07) is 24.9. The van der Waals surface area contributed by atoms with E-state index >= 15 is 0 Å². The Morgan fingerprint density at radius 2 is 1.56 bits per heavy atom. The molecule has 1 saturated heterocycles. The molecule has 1 fully saturated rings. The van der Waals surface area contributed by atoms with Crippen molar-refractivity contribution in [2.75, 3.05) is 44.3 Å². The quantitative estimate of drug-likeness (QED) is 0.485. The van der Waals surface area contributed by atoms with Gasteiger partial charge in [-0.15, -0.1) is 0 Å². The van der Waals surface area contributed by atoms with E-state index in [4.69, 9.17) is 33.0 Å². The molecule has 1 N–H and O–H groups in total. The lowest BCUT2D eigenvalue weighted by atomic mass is 9.99. The van der Waals surface area contributed by atoms with E-state index in [1.807, 2.05) is 84.6 Å². The van der Waals surface area contributed by atoms with E-state index < -0.39 is 0 Å². The Morgan fingerprint density at radius 1 is 0.941 bits per heavy atom. The number of anilines is 1. The zero-order valence-electron chi connectivity index (χ0n) is 19.2. The Balaban J connectivity index is 0.000000396. The van der Waals surface area contributed by atoms with Gasteiger partial charge in [0.15, 0.2) is 0 Å². The third-order valence-corrected chi connectivity index (χ3v) is 6.17. The molecule has 4 rings (SSSR count). The van der Waals surface area contributed by atoms with E-state index in [0.29, 0.717) is 23.9 Å². The zero-order chi connectivity index (χ0) is 24.3. The van der Waals surface area contributed by atoms with Crippen molar-refractivity contribution in [1.82, 2.24) is 4.90 Å². The van der Waals surface area contributed by atoms with Gasteiger partial charge in [0, 0.05) is 37.3 Å². The highest BCUT2D eigenvalue weighted by molar-refractivity contribution is 6.33. The average molecular weight is 501 g/mol. The van der Waals surface area contributed by atoms with Crippen LogP contribution in [0, 0.1) is 0 Å². The molecule has 0 aromatic heterocycles. The van der Waals surface area contributed by atoms with Gasteiger partial charge in [0.05, 0.1) is 23.2 Å². The molecule has 1 unspecified atom stereocenters. The molecule has 0 bridgehead atoms. The molecule has 0 aliphatic carbocycles. The van der Waals surface area contributed by atoms with Crippen LogP contribution >= 0.6 is 23.2 Å². The number of hydrogen-bond acceptors (Lipinski definition) is 4. The molecule has 0 spiro atoms. The van der Waals surface area contributed by atoms with Crippen LogP contribution < -0.4 is 9.64 Å². The lowest BCUT2D eigenvalue weighted by Gasteiger charge is -2.37. The topological polar surface area (TPSA) is 53.0 Å². The summed E-state index contributed by atoms with van der Waals surface area (Å²) in [7, 11) is 0. The van der Waals surface area contributed by atoms with Crippen LogP contribution in [0.25, 0.3) is 0 Å². The number of halogens is 2. The van der Waals surface area contributed by atoms with Crippen molar-refractivity contribution in [2.24, 2.45) is 0 Å². The van der Waals surface area contributed by atoms with Crippen LogP contribution in [-0.2, 0) is 4.79 Å². The van der Waals surface area contributed by atoms with Crippen molar-refractivity contribution in [2.45, 2.75) is 12.8 Å². The lowest BCUT2D eigenvalue weighted by Crippen LogP contribution is -2.49. The number of piperazine rings is 1. The summed E-state index contributed by atoms with van der Waals surface area (Å²) in [5.41, 5.74) is 1.99. The van der Waals surface area contributed by atoms with Gasteiger partial charge in [-0.1, -0.05) is 71.7 Å². The first-order chi connectivity index (χ1) is 16.5. The second-order valence-corrected chi connectivity index (χ2v) is 8.77. The molecule has 1 atom stereocenters. The fourth-order valence-corrected chi connectivity index (χ4v) is 4.17. The fourth-order valence-electron chi connectivity index (χ4n) is 3.74. The van der Waals surface area contributed by atoms with Gasteiger partial charge < -0.3 is 19.6 Å². The van der Waals surface area contributed by atoms with Crippen LogP contribution in [0.5, 0.6) is 5.75 Å². The van der Waals surface area contributed by atoms with E-state index in [0.717, 1.165) is 29.4 Å². The van der Waals surface area contributed by atoms with Gasteiger partial charge in [0.2, 0.25) is 5.91 Å². The van der Waals surface area contributed by atoms with Gasteiger partial charge >= 0.3 is 0 Å². The highest BCUT2D eigenvalue weighted by Gasteiger charge is 2.26. The minimum Gasteiger partial charge on any atom is -0.491 e. The number of aliphatic hydroxyl groups excluding tert-OH is 1. The Labute approximate surface area is 211 Å². The van der Waals surface area contributed by atoms with Gasteiger partial charge in [0.1, 0.15) is 12.4 Å². The maximum atomic E-state index is 12.8. The minimum atomic E-state index is -0.135. The van der Waals surface area contributed by atoms with E-state index in [2.05, 4.69) is 4.90 Å². The summed E-state index contributed by atoms with van der Waals surface area (Å²) < 4.78 is 5.39. The molecule has 1 amide bonds. The summed E-state index contributed by atoms with van der Waals surface area (Å²) in [5, 5.41) is 10.2. The van der Waals surface area contributed by atoms with Gasteiger partial charge in [-0.2, -0.15) is 0 Å². The molecule has 0 radical (unpaired) electrons. The monoisotopic (exact) mass is 500 g/mol. The number of hydrogen-bond donors (Lipinski definition) is 1. The standard InChI is InChI=1S/C21H25ClN2O3.C6H5Cl/c1-16(17-5-3-2-4-6-17)21(26)24-11-9-23(10-12-24)20-8-7-18(15-19(20)22)27-14-13-25;7-6-4-2-1-3-5-6/h2-8,15-16,25H,9-14H2,1H3;1-5H. The minimum absolute atomic E-state index is 0.0310. The number of amides is 1. The molecule has 1 aliphatic rings.